The Morgan fingerprint density at radius 1 is 1.28 bits per heavy atom. The van der Waals surface area contributed by atoms with Crippen LogP contribution in [0.25, 0.3) is 0 Å². The molecule has 0 aromatic carbocycles. The van der Waals surface area contributed by atoms with E-state index in [-0.39, 0.29) is 11.5 Å². The summed E-state index contributed by atoms with van der Waals surface area (Å²) in [5, 5.41) is 43.8. The molecule has 1 heterocycles. The van der Waals surface area contributed by atoms with E-state index in [1.807, 2.05) is 6.26 Å². The molecule has 1 fully saturated rings. The lowest BCUT2D eigenvalue weighted by Gasteiger charge is -2.39. The normalized spacial score (nSPS) is 31.4. The van der Waals surface area contributed by atoms with Crippen LogP contribution < -0.4 is 0 Å². The third-order valence-corrected chi connectivity index (χ3v) is 4.99. The first-order valence-electron chi connectivity index (χ1n) is 7.07. The molecule has 0 amide bonds. The van der Waals surface area contributed by atoms with Gasteiger partial charge in [-0.1, -0.05) is 23.0 Å². The Kier molecular flexibility index (Phi) is 9.69. The average Bonchev–Trinajstić information content (AvgIpc) is 2.55. The fourth-order valence-corrected chi connectivity index (χ4v) is 3.53. The van der Waals surface area contributed by atoms with Crippen molar-refractivity contribution in [3.63, 3.8) is 0 Å². The molecule has 5 N–H and O–H groups in total. The molecule has 1 saturated heterocycles. The van der Waals surface area contributed by atoms with Gasteiger partial charge in [-0.15, -0.1) is 11.8 Å². The Bertz CT molecular complexity index is 566. The highest BCUT2D eigenvalue weighted by atomic mass is 32.3. The molecule has 0 bridgehead atoms. The molecule has 1 aliphatic rings. The number of rotatable bonds is 8. The Balaban J connectivity index is 2.85. The maximum Gasteiger partial charge on any atom is 0.466 e. The second kappa shape index (κ2) is 10.7. The zero-order chi connectivity index (χ0) is 19.0. The third-order valence-electron chi connectivity index (χ3n) is 3.09. The minimum absolute atomic E-state index is 0.0627. The van der Waals surface area contributed by atoms with Crippen LogP contribution in [0.2, 0.25) is 0 Å². The molecule has 13 heteroatoms. The molecule has 1 rings (SSSR count). The van der Waals surface area contributed by atoms with Crippen molar-refractivity contribution in [3.8, 4) is 0 Å². The number of hydrogen-bond acceptors (Lipinski definition) is 11. The number of nitrogens with zero attached hydrogens (tertiary/aromatic N) is 1. The number of aliphatic hydroxyl groups excluding tert-OH is 4. The fraction of sp³-hybridized carbons (Fsp3) is 0.750. The van der Waals surface area contributed by atoms with Gasteiger partial charge in [-0.25, -0.2) is 4.28 Å². The van der Waals surface area contributed by atoms with E-state index in [0.29, 0.717) is 6.42 Å². The van der Waals surface area contributed by atoms with Crippen molar-refractivity contribution in [1.82, 2.24) is 0 Å². The number of aliphatic hydroxyl groups is 4. The van der Waals surface area contributed by atoms with Crippen LogP contribution in [0.1, 0.15) is 12.8 Å². The van der Waals surface area contributed by atoms with E-state index >= 15 is 0 Å². The predicted molar refractivity (Wildman–Crippen MR) is 93.3 cm³/mol. The van der Waals surface area contributed by atoms with Crippen molar-refractivity contribution >= 4 is 39.0 Å². The molecule has 10 nitrogen and oxygen atoms in total. The highest BCUT2D eigenvalue weighted by Gasteiger charge is 2.44. The summed E-state index contributed by atoms with van der Waals surface area (Å²) in [6.45, 7) is -0.591. The number of ether oxygens (including phenoxy) is 1. The summed E-state index contributed by atoms with van der Waals surface area (Å²) in [4.78, 5) is 0. The fourth-order valence-electron chi connectivity index (χ4n) is 1.88. The summed E-state index contributed by atoms with van der Waals surface area (Å²) in [6.07, 6.45) is -1.38. The molecule has 0 saturated carbocycles. The molecule has 0 spiro atoms. The Labute approximate surface area is 153 Å². The minimum Gasteiger partial charge on any atom is -0.394 e. The lowest BCUT2D eigenvalue weighted by atomic mass is 10.0. The summed E-state index contributed by atoms with van der Waals surface area (Å²) in [7, 11) is -4.80. The summed E-state index contributed by atoms with van der Waals surface area (Å²) >= 11 is 2.21. The van der Waals surface area contributed by atoms with Crippen molar-refractivity contribution in [1.29, 1.82) is 0 Å². The average molecular weight is 419 g/mol. The van der Waals surface area contributed by atoms with Gasteiger partial charge in [0.05, 0.1) is 6.61 Å². The van der Waals surface area contributed by atoms with Gasteiger partial charge >= 0.3 is 10.4 Å². The lowest BCUT2D eigenvalue weighted by molar-refractivity contribution is -0.205. The van der Waals surface area contributed by atoms with E-state index in [4.69, 9.17) is 14.4 Å². The van der Waals surface area contributed by atoms with Crippen molar-refractivity contribution in [2.45, 2.75) is 42.7 Å². The van der Waals surface area contributed by atoms with E-state index in [0.717, 1.165) is 11.8 Å². The predicted octanol–water partition coefficient (Wildman–Crippen LogP) is -0.691. The second-order valence-corrected chi connectivity index (χ2v) is 7.87. The second-order valence-electron chi connectivity index (χ2n) is 4.95. The first kappa shape index (κ1) is 22.7. The number of oxime groups is 1. The molecule has 0 aromatic rings. The summed E-state index contributed by atoms with van der Waals surface area (Å²) in [5.41, 5.74) is -1.14. The van der Waals surface area contributed by atoms with Crippen LogP contribution in [0, 0.1) is 0 Å². The summed E-state index contributed by atoms with van der Waals surface area (Å²) in [6, 6.07) is 0. The molecule has 5 unspecified atom stereocenters. The zero-order valence-electron chi connectivity index (χ0n) is 13.2. The van der Waals surface area contributed by atoms with Gasteiger partial charge in [0.25, 0.3) is 0 Å². The van der Waals surface area contributed by atoms with Crippen LogP contribution in [-0.4, -0.2) is 81.2 Å². The largest absolute Gasteiger partial charge is 0.466 e. The SMILES string of the molecule is CS/C=C/CC/C(=N\OS(=O)(=O)O)SC1OC(CO)C(O)C(O)C1O. The molecule has 25 heavy (non-hydrogen) atoms. The van der Waals surface area contributed by atoms with Crippen LogP contribution in [0.4, 0.5) is 0 Å². The zero-order valence-corrected chi connectivity index (χ0v) is 15.7. The van der Waals surface area contributed by atoms with Gasteiger partial charge in [0.15, 0.2) is 0 Å². The molecule has 0 aromatic heterocycles. The Morgan fingerprint density at radius 2 is 1.96 bits per heavy atom. The number of thioether (sulfide) groups is 2. The van der Waals surface area contributed by atoms with Crippen LogP contribution in [0.15, 0.2) is 16.6 Å². The molecular weight excluding hydrogens is 398 g/mol. The van der Waals surface area contributed by atoms with Gasteiger partial charge in [0.1, 0.15) is 34.9 Å². The van der Waals surface area contributed by atoms with Crippen molar-refractivity contribution in [2.24, 2.45) is 5.16 Å². The molecule has 1 aliphatic heterocycles. The van der Waals surface area contributed by atoms with E-state index in [2.05, 4.69) is 9.44 Å². The van der Waals surface area contributed by atoms with Gasteiger partial charge in [-0.2, -0.15) is 8.42 Å². The van der Waals surface area contributed by atoms with E-state index < -0.39 is 46.9 Å². The molecule has 0 radical (unpaired) electrons. The number of hydrogen-bond donors (Lipinski definition) is 5. The third kappa shape index (κ3) is 7.80. The maximum atomic E-state index is 10.7. The van der Waals surface area contributed by atoms with Crippen LogP contribution in [-0.2, 0) is 19.4 Å². The Morgan fingerprint density at radius 3 is 2.52 bits per heavy atom. The van der Waals surface area contributed by atoms with Gasteiger partial charge in [0.2, 0.25) is 0 Å². The van der Waals surface area contributed by atoms with Gasteiger partial charge < -0.3 is 25.2 Å². The molecule has 5 atom stereocenters. The lowest BCUT2D eigenvalue weighted by Crippen LogP contribution is -2.57. The number of allylic oxidation sites excluding steroid dienone is 1. The molecule has 0 aliphatic carbocycles. The standard InChI is InChI=1S/C12H21NO9S3/c1-23-5-3-2-4-8(13-22-25(18,19)20)24-12-11(17)10(16)9(15)7(6-14)21-12/h3,5,7,9-12,14-17H,2,4,6H2,1H3,(H,18,19,20)/b5-3+,13-8+. The van der Waals surface area contributed by atoms with Crippen molar-refractivity contribution in [2.75, 3.05) is 12.9 Å². The van der Waals surface area contributed by atoms with Gasteiger partial charge in [0, 0.05) is 6.42 Å². The summed E-state index contributed by atoms with van der Waals surface area (Å²) in [5.74, 6) is 0. The Hall–Kier alpha value is -0.380. The molecule has 146 valence electrons. The maximum absolute atomic E-state index is 10.7. The summed E-state index contributed by atoms with van der Waals surface area (Å²) < 4.78 is 39.3. The minimum atomic E-state index is -4.80. The first-order valence-corrected chi connectivity index (χ1v) is 10.6. The van der Waals surface area contributed by atoms with Crippen molar-refractivity contribution in [3.05, 3.63) is 11.5 Å². The van der Waals surface area contributed by atoms with E-state index in [1.54, 1.807) is 11.5 Å². The van der Waals surface area contributed by atoms with Crippen molar-refractivity contribution < 1.29 is 42.4 Å². The van der Waals surface area contributed by atoms with E-state index in [9.17, 15) is 23.7 Å². The van der Waals surface area contributed by atoms with Crippen LogP contribution in [0.5, 0.6) is 0 Å². The monoisotopic (exact) mass is 419 g/mol. The highest BCUT2D eigenvalue weighted by Crippen LogP contribution is 2.30. The van der Waals surface area contributed by atoms with Gasteiger partial charge in [-0.05, 0) is 18.1 Å². The van der Waals surface area contributed by atoms with Crippen LogP contribution in [0.3, 0.4) is 0 Å². The molecular formula is C12H21NO9S3. The van der Waals surface area contributed by atoms with Crippen LogP contribution >= 0.6 is 23.5 Å². The topological polar surface area (TPSA) is 166 Å². The first-order chi connectivity index (χ1) is 11.7. The van der Waals surface area contributed by atoms with Gasteiger partial charge in [-0.3, -0.25) is 4.55 Å². The smallest absolute Gasteiger partial charge is 0.394 e. The van der Waals surface area contributed by atoms with E-state index in [1.165, 1.54) is 11.8 Å². The quantitative estimate of drug-likeness (QED) is 0.146. The highest BCUT2D eigenvalue weighted by molar-refractivity contribution is 8.14.